The van der Waals surface area contributed by atoms with Crippen LogP contribution in [0.15, 0.2) is 0 Å². The van der Waals surface area contributed by atoms with Crippen molar-refractivity contribution in [3.8, 4) is 0 Å². The highest BCUT2D eigenvalue weighted by Crippen LogP contribution is 2.47. The van der Waals surface area contributed by atoms with E-state index in [1.807, 2.05) is 0 Å². The van der Waals surface area contributed by atoms with Crippen molar-refractivity contribution in [2.45, 2.75) is 69.9 Å². The van der Waals surface area contributed by atoms with Crippen LogP contribution in [0.1, 0.15) is 57.8 Å². The molecular formula is C17H29NO2. The van der Waals surface area contributed by atoms with E-state index in [0.717, 1.165) is 5.92 Å². The molecule has 4 atom stereocenters. The summed E-state index contributed by atoms with van der Waals surface area (Å²) in [6, 6.07) is 1.16. The number of fused-ring (bicyclic) bond motifs is 2. The van der Waals surface area contributed by atoms with Crippen molar-refractivity contribution in [3.05, 3.63) is 0 Å². The van der Waals surface area contributed by atoms with Crippen LogP contribution in [-0.4, -0.2) is 37.1 Å². The average molecular weight is 279 g/mol. The van der Waals surface area contributed by atoms with Crippen LogP contribution >= 0.6 is 0 Å². The topological polar surface area (TPSA) is 29.5 Å². The number of hydrogen-bond acceptors (Lipinski definition) is 3. The molecule has 1 aliphatic carbocycles. The molecule has 3 nitrogen and oxygen atoms in total. The predicted octanol–water partition coefficient (Wildman–Crippen LogP) is 3.23. The SMILES string of the molecule is COC(=O)[C@H]1[C@@H](C2CCCCCC2)C[C@@H]2CC[C@H]1N2C. The molecule has 3 aliphatic rings. The van der Waals surface area contributed by atoms with Crippen molar-refractivity contribution in [2.75, 3.05) is 14.2 Å². The molecule has 3 fully saturated rings. The second-order valence-corrected chi connectivity index (χ2v) is 7.16. The minimum atomic E-state index is 0.0523. The molecule has 0 aromatic rings. The van der Waals surface area contributed by atoms with Gasteiger partial charge in [0.05, 0.1) is 13.0 Å². The molecule has 1 saturated carbocycles. The average Bonchev–Trinajstić information content (AvgIpc) is 2.72. The highest BCUT2D eigenvalue weighted by molar-refractivity contribution is 5.74. The number of carbonyl (C=O) groups excluding carboxylic acids is 1. The van der Waals surface area contributed by atoms with Crippen LogP contribution in [0.25, 0.3) is 0 Å². The lowest BCUT2D eigenvalue weighted by molar-refractivity contribution is -0.154. The molecule has 0 amide bonds. The number of methoxy groups -OCH3 is 1. The van der Waals surface area contributed by atoms with Gasteiger partial charge >= 0.3 is 5.97 Å². The summed E-state index contributed by atoms with van der Waals surface area (Å²) in [5, 5.41) is 0. The maximum atomic E-state index is 12.4. The molecule has 0 spiro atoms. The first-order valence-corrected chi connectivity index (χ1v) is 8.52. The zero-order valence-corrected chi connectivity index (χ0v) is 13.0. The van der Waals surface area contributed by atoms with E-state index in [4.69, 9.17) is 4.74 Å². The van der Waals surface area contributed by atoms with Gasteiger partial charge in [0.2, 0.25) is 0 Å². The molecule has 0 radical (unpaired) electrons. The van der Waals surface area contributed by atoms with Crippen molar-refractivity contribution in [2.24, 2.45) is 17.8 Å². The highest BCUT2D eigenvalue weighted by atomic mass is 16.5. The normalized spacial score (nSPS) is 39.5. The summed E-state index contributed by atoms with van der Waals surface area (Å²) in [7, 11) is 3.77. The smallest absolute Gasteiger partial charge is 0.310 e. The summed E-state index contributed by atoms with van der Waals surface area (Å²) in [5.41, 5.74) is 0. The maximum Gasteiger partial charge on any atom is 0.310 e. The first-order valence-electron chi connectivity index (χ1n) is 8.52. The lowest BCUT2D eigenvalue weighted by Crippen LogP contribution is -2.51. The van der Waals surface area contributed by atoms with Crippen molar-refractivity contribution < 1.29 is 9.53 Å². The van der Waals surface area contributed by atoms with Crippen LogP contribution < -0.4 is 0 Å². The summed E-state index contributed by atoms with van der Waals surface area (Å²) < 4.78 is 5.18. The van der Waals surface area contributed by atoms with Crippen LogP contribution in [0.5, 0.6) is 0 Å². The molecule has 2 aliphatic heterocycles. The van der Waals surface area contributed by atoms with Crippen LogP contribution in [0.3, 0.4) is 0 Å². The van der Waals surface area contributed by atoms with Crippen molar-refractivity contribution >= 4 is 5.97 Å². The van der Waals surface area contributed by atoms with Crippen LogP contribution in [0, 0.1) is 17.8 Å². The third-order valence-corrected chi connectivity index (χ3v) is 6.29. The fraction of sp³-hybridized carbons (Fsp3) is 0.941. The Morgan fingerprint density at radius 1 is 1.05 bits per heavy atom. The molecule has 0 aromatic carbocycles. The molecular weight excluding hydrogens is 250 g/mol. The monoisotopic (exact) mass is 279 g/mol. The number of ether oxygens (including phenoxy) is 1. The van der Waals surface area contributed by atoms with Gasteiger partial charge in [0.1, 0.15) is 0 Å². The quantitative estimate of drug-likeness (QED) is 0.574. The van der Waals surface area contributed by atoms with Gasteiger partial charge < -0.3 is 4.74 Å². The van der Waals surface area contributed by atoms with Gasteiger partial charge in [0, 0.05) is 12.1 Å². The largest absolute Gasteiger partial charge is 0.469 e. The van der Waals surface area contributed by atoms with Gasteiger partial charge in [-0.3, -0.25) is 9.69 Å². The van der Waals surface area contributed by atoms with E-state index in [2.05, 4.69) is 11.9 Å². The van der Waals surface area contributed by atoms with Crippen LogP contribution in [0.4, 0.5) is 0 Å². The Bertz CT molecular complexity index is 349. The summed E-state index contributed by atoms with van der Waals surface area (Å²) in [6.07, 6.45) is 11.8. The number of hydrogen-bond donors (Lipinski definition) is 0. The van der Waals surface area contributed by atoms with Gasteiger partial charge in [-0.2, -0.15) is 0 Å². The molecule has 20 heavy (non-hydrogen) atoms. The second kappa shape index (κ2) is 6.05. The highest BCUT2D eigenvalue weighted by Gasteiger charge is 2.50. The summed E-state index contributed by atoms with van der Waals surface area (Å²) in [5.74, 6) is 1.52. The van der Waals surface area contributed by atoms with Gasteiger partial charge in [-0.05, 0) is 38.1 Å². The Morgan fingerprint density at radius 3 is 2.40 bits per heavy atom. The molecule has 2 saturated heterocycles. The number of rotatable bonds is 2. The number of esters is 1. The molecule has 0 aromatic heterocycles. The zero-order valence-electron chi connectivity index (χ0n) is 13.0. The van der Waals surface area contributed by atoms with E-state index in [1.165, 1.54) is 57.8 Å². The van der Waals surface area contributed by atoms with E-state index < -0.39 is 0 Å². The molecule has 2 bridgehead atoms. The number of piperidine rings is 1. The maximum absolute atomic E-state index is 12.4. The molecule has 2 heterocycles. The van der Waals surface area contributed by atoms with Gasteiger partial charge in [-0.25, -0.2) is 0 Å². The molecule has 3 rings (SSSR count). The summed E-state index contributed by atoms with van der Waals surface area (Å²) in [4.78, 5) is 14.9. The van der Waals surface area contributed by atoms with Gasteiger partial charge in [-0.15, -0.1) is 0 Å². The minimum absolute atomic E-state index is 0.0523. The standard InChI is InChI=1S/C17H29NO2/c1-18-13-9-10-15(18)16(17(19)20-2)14(11-13)12-7-5-3-4-6-8-12/h12-16H,3-11H2,1-2H3/t13-,14+,15+,16-/m0/s1. The second-order valence-electron chi connectivity index (χ2n) is 7.16. The Labute approximate surface area is 123 Å². The molecule has 114 valence electrons. The molecule has 3 heteroatoms. The van der Waals surface area contributed by atoms with Crippen LogP contribution in [-0.2, 0) is 9.53 Å². The van der Waals surface area contributed by atoms with Crippen molar-refractivity contribution in [1.29, 1.82) is 0 Å². The third-order valence-electron chi connectivity index (χ3n) is 6.29. The molecule has 0 unspecified atom stereocenters. The fourth-order valence-corrected chi connectivity index (χ4v) is 5.20. The number of carbonyl (C=O) groups is 1. The van der Waals surface area contributed by atoms with Gasteiger partial charge in [0.15, 0.2) is 0 Å². The first-order chi connectivity index (χ1) is 9.72. The van der Waals surface area contributed by atoms with E-state index in [-0.39, 0.29) is 11.9 Å². The minimum Gasteiger partial charge on any atom is -0.469 e. The van der Waals surface area contributed by atoms with E-state index in [0.29, 0.717) is 18.0 Å². The van der Waals surface area contributed by atoms with Crippen LogP contribution in [0.2, 0.25) is 0 Å². The third kappa shape index (κ3) is 2.49. The van der Waals surface area contributed by atoms with Crippen molar-refractivity contribution in [3.63, 3.8) is 0 Å². The lowest BCUT2D eigenvalue weighted by Gasteiger charge is -2.44. The van der Waals surface area contributed by atoms with E-state index in [1.54, 1.807) is 7.11 Å². The Kier molecular flexibility index (Phi) is 4.34. The molecule has 0 N–H and O–H groups in total. The first kappa shape index (κ1) is 14.4. The van der Waals surface area contributed by atoms with E-state index >= 15 is 0 Å². The Balaban J connectivity index is 1.81. The van der Waals surface area contributed by atoms with Gasteiger partial charge in [-0.1, -0.05) is 38.5 Å². The van der Waals surface area contributed by atoms with Crippen molar-refractivity contribution in [1.82, 2.24) is 4.90 Å². The van der Waals surface area contributed by atoms with Gasteiger partial charge in [0.25, 0.3) is 0 Å². The lowest BCUT2D eigenvalue weighted by atomic mass is 9.70. The summed E-state index contributed by atoms with van der Waals surface area (Å²) >= 11 is 0. The predicted molar refractivity (Wildman–Crippen MR) is 79.4 cm³/mol. The summed E-state index contributed by atoms with van der Waals surface area (Å²) in [6.45, 7) is 0. The number of nitrogens with zero attached hydrogens (tertiary/aromatic N) is 1. The Hall–Kier alpha value is -0.570. The zero-order chi connectivity index (χ0) is 14.1. The Morgan fingerprint density at radius 2 is 1.75 bits per heavy atom. The fourth-order valence-electron chi connectivity index (χ4n) is 5.20. The van der Waals surface area contributed by atoms with E-state index in [9.17, 15) is 4.79 Å².